The Labute approximate surface area is 485 Å². The highest BCUT2D eigenvalue weighted by molar-refractivity contribution is 5.42. The summed E-state index contributed by atoms with van der Waals surface area (Å²) in [5.74, 6) is 5.95. The van der Waals surface area contributed by atoms with E-state index in [2.05, 4.69) is 0 Å². The maximum atomic E-state index is 9.85. The molecule has 84 heavy (non-hydrogen) atoms. The molecule has 0 radical (unpaired) electrons. The lowest BCUT2D eigenvalue weighted by molar-refractivity contribution is 0.282. The van der Waals surface area contributed by atoms with Crippen LogP contribution in [0.3, 0.4) is 0 Å². The van der Waals surface area contributed by atoms with E-state index in [4.69, 9.17) is 42.6 Å². The van der Waals surface area contributed by atoms with Crippen LogP contribution in [0.25, 0.3) is 0 Å². The number of hydrogen-bond donors (Lipinski definition) is 6. The van der Waals surface area contributed by atoms with E-state index in [-0.39, 0.29) is 94.0 Å². The fourth-order valence-corrected chi connectivity index (χ4v) is 8.78. The Balaban J connectivity index is 0.925. The number of rotatable bonds is 27. The molecule has 15 heteroatoms. The number of benzene rings is 10. The van der Waals surface area contributed by atoms with E-state index in [0.29, 0.717) is 51.7 Å². The second-order valence-electron chi connectivity index (χ2n) is 19.7. The molecule has 15 nitrogen and oxygen atoms in total. The van der Waals surface area contributed by atoms with Gasteiger partial charge in [-0.25, -0.2) is 0 Å². The van der Waals surface area contributed by atoms with Gasteiger partial charge in [0.25, 0.3) is 0 Å². The fourth-order valence-electron chi connectivity index (χ4n) is 8.78. The lowest BCUT2D eigenvalue weighted by Gasteiger charge is -2.16. The molecule has 0 fully saturated rings. The molecule has 0 unspecified atom stereocenters. The summed E-state index contributed by atoms with van der Waals surface area (Å²) in [6.07, 6.45) is 0. The van der Waals surface area contributed by atoms with E-state index in [9.17, 15) is 30.6 Å². The summed E-state index contributed by atoms with van der Waals surface area (Å²) in [6.45, 7) is 1.64. The maximum absolute atomic E-state index is 9.85. The molecule has 0 aliphatic rings. The van der Waals surface area contributed by atoms with Gasteiger partial charge in [-0.2, -0.15) is 0 Å². The van der Waals surface area contributed by atoms with Crippen molar-refractivity contribution in [3.8, 4) is 86.2 Å². The van der Waals surface area contributed by atoms with Crippen LogP contribution in [0.1, 0.15) is 50.1 Å². The summed E-state index contributed by atoms with van der Waals surface area (Å²) >= 11 is 0. The maximum Gasteiger partial charge on any atom is 0.120 e. The SMILES string of the molecule is Oc1ccc(OCc2cc(COc3ccc(O)cc3)cc(OCc3cc(COc4cc(COc5ccc(O)cc5)cc(COc5ccc(O)cc5)c4)cc(COc4cc(COc5ccc(O)cc5)cc(COc5ccc(O)cc5)c4)c3)c2)cc1. The molecular weight excluding hydrogens is 1070 g/mol. The molecule has 10 rings (SSSR count). The average Bonchev–Trinajstić information content (AvgIpc) is 3.59. The van der Waals surface area contributed by atoms with Crippen LogP contribution in [0.15, 0.2) is 218 Å². The van der Waals surface area contributed by atoms with E-state index in [1.165, 1.54) is 0 Å². The topological polar surface area (TPSA) is 204 Å². The Hall–Kier alpha value is -10.8. The van der Waals surface area contributed by atoms with E-state index >= 15 is 0 Å². The van der Waals surface area contributed by atoms with Crippen LogP contribution in [0.4, 0.5) is 0 Å². The molecule has 0 spiro atoms. The summed E-state index contributed by atoms with van der Waals surface area (Å²) in [5, 5.41) is 59.1. The first-order chi connectivity index (χ1) is 40.9. The van der Waals surface area contributed by atoms with Gasteiger partial charge in [-0.05, 0) is 268 Å². The highest BCUT2D eigenvalue weighted by atomic mass is 16.5. The van der Waals surface area contributed by atoms with Gasteiger partial charge < -0.3 is 73.3 Å². The lowest BCUT2D eigenvalue weighted by Crippen LogP contribution is -2.06. The zero-order valence-corrected chi connectivity index (χ0v) is 45.5. The standard InChI is InChI=1S/C69H60O15/c70-55-1-13-61(14-2-55)76-40-49-28-50(41-77-62-15-3-56(71)4-16-62)32-67(31-49)82-37-46-25-47(38-83-68-33-51(42-78-63-17-5-57(72)6-18-63)29-52(34-68)43-79-64-19-7-58(73)8-20-64)27-48(26-46)39-84-69-35-53(44-80-65-21-9-59(74)10-22-65)30-54(36-69)45-81-66-23-11-60(75)12-24-66/h1-36,70-75H,37-45H2. The molecule has 0 aromatic heterocycles. The monoisotopic (exact) mass is 1130 g/mol. The first-order valence-electron chi connectivity index (χ1n) is 26.8. The van der Waals surface area contributed by atoms with Gasteiger partial charge >= 0.3 is 0 Å². The van der Waals surface area contributed by atoms with Crippen LogP contribution < -0.4 is 42.6 Å². The minimum atomic E-state index is 0.131. The molecule has 426 valence electrons. The van der Waals surface area contributed by atoms with Crippen LogP contribution in [-0.4, -0.2) is 30.6 Å². The van der Waals surface area contributed by atoms with Crippen molar-refractivity contribution in [3.63, 3.8) is 0 Å². The first kappa shape index (κ1) is 56.5. The molecule has 10 aromatic rings. The molecule has 0 aliphatic heterocycles. The van der Waals surface area contributed by atoms with E-state index < -0.39 is 0 Å². The van der Waals surface area contributed by atoms with Crippen molar-refractivity contribution in [1.82, 2.24) is 0 Å². The molecule has 0 heterocycles. The molecule has 0 amide bonds. The average molecular weight is 1130 g/mol. The lowest BCUT2D eigenvalue weighted by atomic mass is 10.1. The smallest absolute Gasteiger partial charge is 0.120 e. The Kier molecular flexibility index (Phi) is 18.5. The van der Waals surface area contributed by atoms with Gasteiger partial charge in [0, 0.05) is 0 Å². The number of ether oxygens (including phenoxy) is 9. The summed E-state index contributed by atoms with van der Waals surface area (Å²) in [6, 6.07) is 62.5. The van der Waals surface area contributed by atoms with Gasteiger partial charge in [-0.1, -0.05) is 0 Å². The van der Waals surface area contributed by atoms with Crippen molar-refractivity contribution in [2.45, 2.75) is 59.5 Å². The Morgan fingerprint density at radius 1 is 0.155 bits per heavy atom. The van der Waals surface area contributed by atoms with Crippen LogP contribution >= 0.6 is 0 Å². The quantitative estimate of drug-likeness (QED) is 0.0283. The summed E-state index contributed by atoms with van der Waals surface area (Å²) < 4.78 is 56.5. The van der Waals surface area contributed by atoms with Crippen molar-refractivity contribution >= 4 is 0 Å². The van der Waals surface area contributed by atoms with E-state index in [1.807, 2.05) is 72.8 Å². The molecular formula is C69H60O15. The van der Waals surface area contributed by atoms with Crippen LogP contribution in [0, 0.1) is 0 Å². The molecule has 0 saturated heterocycles. The van der Waals surface area contributed by atoms with Gasteiger partial charge in [0.2, 0.25) is 0 Å². The predicted octanol–water partition coefficient (Wildman–Crippen LogP) is 14.1. The number of aromatic hydroxyl groups is 6. The first-order valence-corrected chi connectivity index (χ1v) is 26.8. The zero-order valence-electron chi connectivity index (χ0n) is 45.5. The number of hydrogen-bond acceptors (Lipinski definition) is 15. The molecule has 0 bridgehead atoms. The van der Waals surface area contributed by atoms with Crippen molar-refractivity contribution < 1.29 is 73.3 Å². The normalized spacial score (nSPS) is 10.9. The minimum absolute atomic E-state index is 0.131. The van der Waals surface area contributed by atoms with Crippen LogP contribution in [0.5, 0.6) is 86.2 Å². The van der Waals surface area contributed by atoms with Crippen molar-refractivity contribution in [2.24, 2.45) is 0 Å². The zero-order chi connectivity index (χ0) is 58.0. The van der Waals surface area contributed by atoms with Crippen LogP contribution in [-0.2, 0) is 59.5 Å². The number of phenolic OH excluding ortho intramolecular Hbond substituents is 6. The van der Waals surface area contributed by atoms with E-state index in [1.54, 1.807) is 146 Å². The van der Waals surface area contributed by atoms with Gasteiger partial charge in [-0.3, -0.25) is 0 Å². The Morgan fingerprint density at radius 2 is 0.274 bits per heavy atom. The third kappa shape index (κ3) is 17.4. The van der Waals surface area contributed by atoms with Gasteiger partial charge in [0.05, 0.1) is 0 Å². The molecule has 0 atom stereocenters. The van der Waals surface area contributed by atoms with Crippen molar-refractivity contribution in [2.75, 3.05) is 0 Å². The predicted molar refractivity (Wildman–Crippen MR) is 313 cm³/mol. The second-order valence-corrected chi connectivity index (χ2v) is 19.7. The highest BCUT2D eigenvalue weighted by Gasteiger charge is 2.13. The van der Waals surface area contributed by atoms with Crippen molar-refractivity contribution in [1.29, 1.82) is 0 Å². The summed E-state index contributed by atoms with van der Waals surface area (Å²) in [7, 11) is 0. The van der Waals surface area contributed by atoms with E-state index in [0.717, 1.165) is 50.1 Å². The van der Waals surface area contributed by atoms with Crippen molar-refractivity contribution in [3.05, 3.63) is 268 Å². The third-order valence-electron chi connectivity index (χ3n) is 12.9. The molecule has 0 aliphatic carbocycles. The fraction of sp³-hybridized carbons (Fsp3) is 0.130. The molecule has 0 saturated carbocycles. The van der Waals surface area contributed by atoms with Crippen LogP contribution in [0.2, 0.25) is 0 Å². The Bertz CT molecular complexity index is 3110. The Morgan fingerprint density at radius 3 is 0.417 bits per heavy atom. The largest absolute Gasteiger partial charge is 0.508 e. The number of phenols is 6. The third-order valence-corrected chi connectivity index (χ3v) is 12.9. The van der Waals surface area contributed by atoms with Gasteiger partial charge in [-0.15, -0.1) is 0 Å². The minimum Gasteiger partial charge on any atom is -0.508 e. The van der Waals surface area contributed by atoms with Gasteiger partial charge in [0.1, 0.15) is 146 Å². The molecule has 6 N–H and O–H groups in total. The summed E-state index contributed by atoms with van der Waals surface area (Å²) in [5.41, 5.74) is 7.34. The highest BCUT2D eigenvalue weighted by Crippen LogP contribution is 2.30. The van der Waals surface area contributed by atoms with Gasteiger partial charge in [0.15, 0.2) is 0 Å². The summed E-state index contributed by atoms with van der Waals surface area (Å²) in [4.78, 5) is 0. The second kappa shape index (κ2) is 27.6. The molecule has 10 aromatic carbocycles.